The van der Waals surface area contributed by atoms with E-state index in [-0.39, 0.29) is 22.6 Å². The molecule has 1 aromatic carbocycles. The van der Waals surface area contributed by atoms with Gasteiger partial charge in [0.1, 0.15) is 0 Å². The molecular weight excluding hydrogens is 440 g/mol. The molecule has 33 heavy (non-hydrogen) atoms. The highest BCUT2D eigenvalue weighted by Gasteiger charge is 2.30. The summed E-state index contributed by atoms with van der Waals surface area (Å²) in [6.45, 7) is 9.10. The van der Waals surface area contributed by atoms with Crippen molar-refractivity contribution in [2.45, 2.75) is 64.2 Å². The van der Waals surface area contributed by atoms with Crippen LogP contribution < -0.4 is 10.2 Å². The Morgan fingerprint density at radius 3 is 2.36 bits per heavy atom. The summed E-state index contributed by atoms with van der Waals surface area (Å²) in [7, 11) is -3.64. The minimum absolute atomic E-state index is 0.0637. The first-order valence-corrected chi connectivity index (χ1v) is 13.7. The molecule has 8 nitrogen and oxygen atoms in total. The van der Waals surface area contributed by atoms with Crippen LogP contribution in [0, 0.1) is 5.92 Å². The van der Waals surface area contributed by atoms with E-state index in [1.165, 1.54) is 10.7 Å². The van der Waals surface area contributed by atoms with Crippen LogP contribution in [-0.4, -0.2) is 68.7 Å². The van der Waals surface area contributed by atoms with E-state index in [1.54, 1.807) is 17.0 Å². The molecule has 1 unspecified atom stereocenters. The second-order valence-corrected chi connectivity index (χ2v) is 10.8. The van der Waals surface area contributed by atoms with E-state index < -0.39 is 10.0 Å². The number of rotatable bonds is 8. The molecule has 2 saturated heterocycles. The second-order valence-electron chi connectivity index (χ2n) is 8.84. The van der Waals surface area contributed by atoms with Crippen LogP contribution in [0.3, 0.4) is 0 Å². The molecule has 0 bridgehead atoms. The molecule has 184 valence electrons. The molecule has 0 spiro atoms. The highest BCUT2D eigenvalue weighted by atomic mass is 32.2. The number of carbonyl (C=O) groups excluding carboxylic acids is 2. The van der Waals surface area contributed by atoms with Gasteiger partial charge in [0.25, 0.3) is 0 Å². The van der Waals surface area contributed by atoms with Gasteiger partial charge in [-0.25, -0.2) is 8.42 Å². The van der Waals surface area contributed by atoms with Crippen molar-refractivity contribution in [3.63, 3.8) is 0 Å². The van der Waals surface area contributed by atoms with Crippen LogP contribution in [0.1, 0.15) is 59.3 Å². The summed E-state index contributed by atoms with van der Waals surface area (Å²) in [6, 6.07) is 5.08. The number of carbonyl (C=O) groups is 2. The quantitative estimate of drug-likeness (QED) is 0.619. The van der Waals surface area contributed by atoms with Crippen LogP contribution in [0.2, 0.25) is 0 Å². The molecule has 1 N–H and O–H groups in total. The van der Waals surface area contributed by atoms with Gasteiger partial charge in [-0.15, -0.1) is 0 Å². The lowest BCUT2D eigenvalue weighted by Crippen LogP contribution is -2.43. The van der Waals surface area contributed by atoms with Gasteiger partial charge in [-0.3, -0.25) is 9.59 Å². The Labute approximate surface area is 198 Å². The zero-order valence-electron chi connectivity index (χ0n) is 20.2. The van der Waals surface area contributed by atoms with Crippen molar-refractivity contribution >= 4 is 33.2 Å². The number of sulfonamides is 1. The number of piperidine rings is 2. The fourth-order valence-corrected chi connectivity index (χ4v) is 6.26. The molecule has 2 aliphatic heterocycles. The predicted octanol–water partition coefficient (Wildman–Crippen LogP) is 3.29. The van der Waals surface area contributed by atoms with Gasteiger partial charge in [0, 0.05) is 45.7 Å². The monoisotopic (exact) mass is 478 g/mol. The molecule has 2 amide bonds. The van der Waals surface area contributed by atoms with Gasteiger partial charge in [0.2, 0.25) is 21.8 Å². The number of hydrogen-bond acceptors (Lipinski definition) is 5. The summed E-state index contributed by atoms with van der Waals surface area (Å²) in [5, 5.41) is 3.04. The molecule has 9 heteroatoms. The van der Waals surface area contributed by atoms with E-state index in [1.807, 2.05) is 26.8 Å². The number of anilines is 2. The fraction of sp³-hybridized carbons (Fsp3) is 0.667. The van der Waals surface area contributed by atoms with Crippen LogP contribution in [0.4, 0.5) is 11.4 Å². The number of likely N-dealkylation sites (tertiary alicyclic amines) is 1. The Morgan fingerprint density at radius 1 is 1.03 bits per heavy atom. The van der Waals surface area contributed by atoms with Crippen LogP contribution in [0.5, 0.6) is 0 Å². The number of amides is 2. The maximum atomic E-state index is 13.2. The molecule has 2 fully saturated rings. The highest BCUT2D eigenvalue weighted by molar-refractivity contribution is 7.89. The molecule has 0 radical (unpaired) electrons. The van der Waals surface area contributed by atoms with Crippen molar-refractivity contribution < 1.29 is 18.0 Å². The van der Waals surface area contributed by atoms with Crippen molar-refractivity contribution in [2.75, 3.05) is 49.5 Å². The normalized spacial score (nSPS) is 19.6. The second kappa shape index (κ2) is 11.3. The Bertz CT molecular complexity index is 940. The maximum absolute atomic E-state index is 13.2. The molecule has 1 atom stereocenters. The van der Waals surface area contributed by atoms with E-state index in [9.17, 15) is 18.0 Å². The molecule has 0 saturated carbocycles. The largest absolute Gasteiger partial charge is 0.370 e. The molecule has 3 rings (SSSR count). The van der Waals surface area contributed by atoms with Gasteiger partial charge >= 0.3 is 0 Å². The van der Waals surface area contributed by atoms with Crippen molar-refractivity contribution in [2.24, 2.45) is 5.92 Å². The lowest BCUT2D eigenvalue weighted by Gasteiger charge is -2.33. The minimum atomic E-state index is -3.64. The van der Waals surface area contributed by atoms with Gasteiger partial charge in [-0.05, 0) is 50.3 Å². The third-order valence-electron chi connectivity index (χ3n) is 6.71. The van der Waals surface area contributed by atoms with E-state index in [0.717, 1.165) is 44.5 Å². The molecule has 1 aromatic rings. The van der Waals surface area contributed by atoms with Crippen LogP contribution in [0.25, 0.3) is 0 Å². The predicted molar refractivity (Wildman–Crippen MR) is 131 cm³/mol. The van der Waals surface area contributed by atoms with Gasteiger partial charge in [-0.1, -0.05) is 20.8 Å². The van der Waals surface area contributed by atoms with Gasteiger partial charge in [0.05, 0.1) is 22.2 Å². The zero-order chi connectivity index (χ0) is 24.0. The van der Waals surface area contributed by atoms with Gasteiger partial charge < -0.3 is 15.1 Å². The summed E-state index contributed by atoms with van der Waals surface area (Å²) >= 11 is 0. The lowest BCUT2D eigenvalue weighted by atomic mass is 9.96. The summed E-state index contributed by atoms with van der Waals surface area (Å²) in [5.74, 6) is -0.389. The summed E-state index contributed by atoms with van der Waals surface area (Å²) in [6.07, 6.45) is 5.26. The third kappa shape index (κ3) is 5.87. The zero-order valence-corrected chi connectivity index (χ0v) is 21.0. The minimum Gasteiger partial charge on any atom is -0.370 e. The summed E-state index contributed by atoms with van der Waals surface area (Å²) < 4.78 is 27.7. The topological polar surface area (TPSA) is 90.0 Å². The van der Waals surface area contributed by atoms with E-state index in [4.69, 9.17) is 0 Å². The number of hydrogen-bond donors (Lipinski definition) is 1. The Morgan fingerprint density at radius 2 is 1.73 bits per heavy atom. The fourth-order valence-electron chi connectivity index (χ4n) is 4.77. The number of nitrogens with one attached hydrogen (secondary N) is 1. The first-order valence-electron chi connectivity index (χ1n) is 12.3. The SMILES string of the molecule is CCC(=O)N1CCCC(C(=O)Nc2cc(S(=O)(=O)N(CC)CC)ccc2N2CCCCC2)C1. The van der Waals surface area contributed by atoms with E-state index in [2.05, 4.69) is 10.2 Å². The van der Waals surface area contributed by atoms with Crippen LogP contribution in [-0.2, 0) is 19.6 Å². The first-order chi connectivity index (χ1) is 15.8. The lowest BCUT2D eigenvalue weighted by molar-refractivity contribution is -0.134. The number of benzene rings is 1. The maximum Gasteiger partial charge on any atom is 0.243 e. The number of nitrogens with zero attached hydrogens (tertiary/aromatic N) is 3. The average Bonchev–Trinajstić information content (AvgIpc) is 2.84. The summed E-state index contributed by atoms with van der Waals surface area (Å²) in [4.78, 5) is 29.6. The first kappa shape index (κ1) is 25.5. The molecular formula is C24H38N4O4S. The van der Waals surface area contributed by atoms with Crippen LogP contribution in [0.15, 0.2) is 23.1 Å². The molecule has 2 aliphatic rings. The third-order valence-corrected chi connectivity index (χ3v) is 8.76. The van der Waals surface area contributed by atoms with Gasteiger partial charge in [0.15, 0.2) is 0 Å². The Balaban J connectivity index is 1.90. The van der Waals surface area contributed by atoms with Crippen molar-refractivity contribution in [1.29, 1.82) is 0 Å². The van der Waals surface area contributed by atoms with Crippen molar-refractivity contribution in [1.82, 2.24) is 9.21 Å². The summed E-state index contributed by atoms with van der Waals surface area (Å²) in [5.41, 5.74) is 1.40. The Kier molecular flexibility index (Phi) is 8.75. The average molecular weight is 479 g/mol. The molecule has 0 aromatic heterocycles. The molecule has 2 heterocycles. The Hall–Kier alpha value is -2.13. The van der Waals surface area contributed by atoms with Crippen molar-refractivity contribution in [3.8, 4) is 0 Å². The van der Waals surface area contributed by atoms with Gasteiger partial charge in [-0.2, -0.15) is 4.31 Å². The standard InChI is InChI=1S/C24H38N4O4S/c1-4-23(29)27-16-10-11-19(18-27)24(30)25-21-17-20(33(31,32)28(5-2)6-3)12-13-22(21)26-14-8-7-9-15-26/h12-13,17,19H,4-11,14-16,18H2,1-3H3,(H,25,30). The molecule has 0 aliphatic carbocycles. The smallest absolute Gasteiger partial charge is 0.243 e. The van der Waals surface area contributed by atoms with E-state index >= 15 is 0 Å². The van der Waals surface area contributed by atoms with Crippen molar-refractivity contribution in [3.05, 3.63) is 18.2 Å². The highest BCUT2D eigenvalue weighted by Crippen LogP contribution is 2.33. The van der Waals surface area contributed by atoms with E-state index in [0.29, 0.717) is 38.3 Å². The van der Waals surface area contributed by atoms with Crippen LogP contribution >= 0.6 is 0 Å².